The van der Waals surface area contributed by atoms with E-state index in [1.807, 2.05) is 0 Å². The average molecular weight is 391 g/mol. The molecule has 4 heteroatoms. The van der Waals surface area contributed by atoms with Gasteiger partial charge in [0.1, 0.15) is 0 Å². The van der Waals surface area contributed by atoms with Crippen LogP contribution in [-0.4, -0.2) is 48.3 Å². The molecule has 0 aliphatic carbocycles. The zero-order valence-electron chi connectivity index (χ0n) is 17.4. The highest BCUT2D eigenvalue weighted by Crippen LogP contribution is 2.48. The number of likely N-dealkylation sites (tertiary alicyclic amines) is 1. The maximum Gasteiger partial charge on any atom is 0.231 e. The van der Waals surface area contributed by atoms with Crippen molar-refractivity contribution in [2.75, 3.05) is 26.4 Å². The first kappa shape index (κ1) is 17.8. The summed E-state index contributed by atoms with van der Waals surface area (Å²) in [6, 6.07) is 15.0. The molecular formula is C25H30N2O2. The summed E-state index contributed by atoms with van der Waals surface area (Å²) < 4.78 is 11.2. The van der Waals surface area contributed by atoms with Crippen LogP contribution in [0.25, 0.3) is 0 Å². The van der Waals surface area contributed by atoms with Crippen molar-refractivity contribution in [2.24, 2.45) is 5.92 Å². The predicted molar refractivity (Wildman–Crippen MR) is 114 cm³/mol. The van der Waals surface area contributed by atoms with Crippen molar-refractivity contribution >= 4 is 0 Å². The SMILES string of the molecule is Cc1cc(C)cc(CN2C[C@@H](c3ccc4c(c3)OCO4)[C@@H]3[C@H]2C2CCN3CC2)c1. The molecule has 7 rings (SSSR count). The Kier molecular flexibility index (Phi) is 4.14. The van der Waals surface area contributed by atoms with Crippen molar-refractivity contribution in [3.8, 4) is 11.5 Å². The van der Waals surface area contributed by atoms with Gasteiger partial charge in [0.05, 0.1) is 0 Å². The molecule has 2 aromatic rings. The molecule has 5 aliphatic rings. The fraction of sp³-hybridized carbons (Fsp3) is 0.520. The number of ether oxygens (including phenoxy) is 2. The molecule has 0 N–H and O–H groups in total. The van der Waals surface area contributed by atoms with Crippen molar-refractivity contribution in [3.63, 3.8) is 0 Å². The minimum Gasteiger partial charge on any atom is -0.454 e. The molecule has 152 valence electrons. The smallest absolute Gasteiger partial charge is 0.231 e. The van der Waals surface area contributed by atoms with Gasteiger partial charge in [-0.1, -0.05) is 35.4 Å². The third-order valence-electron chi connectivity index (χ3n) is 7.59. The first-order valence-electron chi connectivity index (χ1n) is 11.1. The van der Waals surface area contributed by atoms with E-state index in [-0.39, 0.29) is 0 Å². The summed E-state index contributed by atoms with van der Waals surface area (Å²) in [5.41, 5.74) is 5.62. The van der Waals surface area contributed by atoms with Gasteiger partial charge in [0.2, 0.25) is 6.79 Å². The largest absolute Gasteiger partial charge is 0.454 e. The zero-order valence-corrected chi connectivity index (χ0v) is 17.4. The second-order valence-electron chi connectivity index (χ2n) is 9.50. The Morgan fingerprint density at radius 3 is 2.45 bits per heavy atom. The van der Waals surface area contributed by atoms with E-state index in [0.29, 0.717) is 24.8 Å². The van der Waals surface area contributed by atoms with Crippen LogP contribution in [0.15, 0.2) is 36.4 Å². The van der Waals surface area contributed by atoms with Gasteiger partial charge in [0.25, 0.3) is 0 Å². The van der Waals surface area contributed by atoms with E-state index in [1.54, 1.807) is 0 Å². The van der Waals surface area contributed by atoms with Crippen molar-refractivity contribution in [1.29, 1.82) is 0 Å². The summed E-state index contributed by atoms with van der Waals surface area (Å²) in [4.78, 5) is 5.57. The van der Waals surface area contributed by atoms with Crippen LogP contribution in [0, 0.1) is 19.8 Å². The van der Waals surface area contributed by atoms with Gasteiger partial charge < -0.3 is 9.47 Å². The fourth-order valence-electron chi connectivity index (χ4n) is 6.55. The number of rotatable bonds is 3. The van der Waals surface area contributed by atoms with Crippen LogP contribution in [0.3, 0.4) is 0 Å². The molecular weight excluding hydrogens is 360 g/mol. The van der Waals surface area contributed by atoms with Crippen molar-refractivity contribution in [1.82, 2.24) is 9.80 Å². The quantitative estimate of drug-likeness (QED) is 0.788. The Hall–Kier alpha value is -2.04. The van der Waals surface area contributed by atoms with Crippen molar-refractivity contribution in [2.45, 2.75) is 51.2 Å². The second kappa shape index (κ2) is 6.75. The third-order valence-corrected chi connectivity index (χ3v) is 7.59. The van der Waals surface area contributed by atoms with Crippen LogP contribution < -0.4 is 9.47 Å². The summed E-state index contributed by atoms with van der Waals surface area (Å²) in [6.07, 6.45) is 2.72. The van der Waals surface area contributed by atoms with Gasteiger partial charge in [0.15, 0.2) is 11.5 Å². The summed E-state index contributed by atoms with van der Waals surface area (Å²) >= 11 is 0. The molecule has 2 bridgehead atoms. The standard InChI is InChI=1S/C25H30N2O2/c1-16-9-17(2)11-18(10-16)13-27-14-21(20-3-4-22-23(12-20)29-15-28-22)25-24(27)19-5-7-26(25)8-6-19/h3-4,9-12,19,21,24-25H,5-8,13-15H2,1-2H3/t21-,24+,25+/m0/s1. The maximum absolute atomic E-state index is 5.70. The number of nitrogens with zero attached hydrogens (tertiary/aromatic N) is 2. The number of benzene rings is 2. The van der Waals surface area contributed by atoms with E-state index < -0.39 is 0 Å². The molecule has 0 spiro atoms. The molecule has 4 saturated heterocycles. The minimum absolute atomic E-state index is 0.350. The molecule has 0 saturated carbocycles. The lowest BCUT2D eigenvalue weighted by Crippen LogP contribution is -2.59. The van der Waals surface area contributed by atoms with Crippen LogP contribution >= 0.6 is 0 Å². The van der Waals surface area contributed by atoms with Crippen LogP contribution in [0.1, 0.15) is 41.0 Å². The molecule has 0 aromatic heterocycles. The van der Waals surface area contributed by atoms with Gasteiger partial charge in [-0.2, -0.15) is 0 Å². The number of fused-ring (bicyclic) bond motifs is 3. The highest BCUT2D eigenvalue weighted by atomic mass is 16.7. The Morgan fingerprint density at radius 2 is 1.66 bits per heavy atom. The first-order valence-corrected chi connectivity index (χ1v) is 11.1. The molecule has 4 fully saturated rings. The summed E-state index contributed by atoms with van der Waals surface area (Å²) in [5, 5.41) is 0. The molecule has 5 aliphatic heterocycles. The van der Waals surface area contributed by atoms with E-state index in [0.717, 1.165) is 30.5 Å². The number of hydrogen-bond acceptors (Lipinski definition) is 4. The van der Waals surface area contributed by atoms with Gasteiger partial charge in [-0.3, -0.25) is 9.80 Å². The predicted octanol–water partition coefficient (Wildman–Crippen LogP) is 4.09. The van der Waals surface area contributed by atoms with E-state index in [1.165, 1.54) is 48.2 Å². The van der Waals surface area contributed by atoms with Crippen LogP contribution in [-0.2, 0) is 6.54 Å². The number of piperidine rings is 3. The Morgan fingerprint density at radius 1 is 0.897 bits per heavy atom. The fourth-order valence-corrected chi connectivity index (χ4v) is 6.55. The van der Waals surface area contributed by atoms with Gasteiger partial charge >= 0.3 is 0 Å². The highest BCUT2D eigenvalue weighted by Gasteiger charge is 2.53. The third kappa shape index (κ3) is 2.96. The van der Waals surface area contributed by atoms with Gasteiger partial charge in [-0.25, -0.2) is 0 Å². The molecule has 2 aromatic carbocycles. The van der Waals surface area contributed by atoms with Crippen molar-refractivity contribution in [3.05, 3.63) is 58.7 Å². The maximum atomic E-state index is 5.70. The normalized spacial score (nSPS) is 32.6. The number of hydrogen-bond donors (Lipinski definition) is 0. The lowest BCUT2D eigenvalue weighted by atomic mass is 9.75. The molecule has 5 heterocycles. The van der Waals surface area contributed by atoms with E-state index in [9.17, 15) is 0 Å². The zero-order chi connectivity index (χ0) is 19.5. The minimum atomic E-state index is 0.350. The molecule has 29 heavy (non-hydrogen) atoms. The van der Waals surface area contributed by atoms with Gasteiger partial charge in [0, 0.05) is 31.1 Å². The van der Waals surface area contributed by atoms with Crippen LogP contribution in [0.2, 0.25) is 0 Å². The monoisotopic (exact) mass is 390 g/mol. The Bertz CT molecular complexity index is 914. The molecule has 0 unspecified atom stereocenters. The summed E-state index contributed by atoms with van der Waals surface area (Å²) in [5.74, 6) is 3.20. The number of aryl methyl sites for hydroxylation is 2. The topological polar surface area (TPSA) is 24.9 Å². The van der Waals surface area contributed by atoms with E-state index >= 15 is 0 Å². The molecule has 0 amide bonds. The molecule has 0 radical (unpaired) electrons. The highest BCUT2D eigenvalue weighted by molar-refractivity contribution is 5.46. The van der Waals surface area contributed by atoms with Crippen molar-refractivity contribution < 1.29 is 9.47 Å². The van der Waals surface area contributed by atoms with E-state index in [2.05, 4.69) is 60.0 Å². The van der Waals surface area contributed by atoms with Gasteiger partial charge in [-0.05, 0) is 69.0 Å². The second-order valence-corrected chi connectivity index (χ2v) is 9.50. The summed E-state index contributed by atoms with van der Waals surface area (Å²) in [7, 11) is 0. The Balaban J connectivity index is 1.34. The lowest BCUT2D eigenvalue weighted by Gasteiger charge is -2.51. The molecule has 3 atom stereocenters. The first-order chi connectivity index (χ1) is 14.2. The summed E-state index contributed by atoms with van der Waals surface area (Å²) in [6.45, 7) is 9.51. The lowest BCUT2D eigenvalue weighted by molar-refractivity contribution is -0.00870. The average Bonchev–Trinajstić information content (AvgIpc) is 3.33. The van der Waals surface area contributed by atoms with E-state index in [4.69, 9.17) is 9.47 Å². The molecule has 4 nitrogen and oxygen atoms in total. The van der Waals surface area contributed by atoms with Crippen LogP contribution in [0.5, 0.6) is 11.5 Å². The van der Waals surface area contributed by atoms with Crippen LogP contribution in [0.4, 0.5) is 0 Å². The Labute approximate surface area is 173 Å². The van der Waals surface area contributed by atoms with Gasteiger partial charge in [-0.15, -0.1) is 0 Å².